The van der Waals surface area contributed by atoms with Crippen LogP contribution in [0.25, 0.3) is 0 Å². The third-order valence-electron chi connectivity index (χ3n) is 4.00. The van der Waals surface area contributed by atoms with E-state index < -0.39 is 51.3 Å². The van der Waals surface area contributed by atoms with Crippen molar-refractivity contribution < 1.29 is 38.6 Å². The van der Waals surface area contributed by atoms with Crippen molar-refractivity contribution in [2.24, 2.45) is 0 Å². The molecule has 158 valence electrons. The van der Waals surface area contributed by atoms with Gasteiger partial charge in [0.15, 0.2) is 5.75 Å². The Kier molecular flexibility index (Phi) is 6.73. The first-order chi connectivity index (χ1) is 14.1. The Morgan fingerprint density at radius 3 is 2.07 bits per heavy atom. The van der Waals surface area contributed by atoms with Gasteiger partial charge in [-0.1, -0.05) is 12.1 Å². The minimum absolute atomic E-state index is 0.0612. The molecule has 2 aromatic rings. The second-order valence-electron chi connectivity index (χ2n) is 6.31. The fourth-order valence-corrected chi connectivity index (χ4v) is 2.66. The number of esters is 2. The average Bonchev–Trinajstić information content (AvgIpc) is 2.71. The van der Waals surface area contributed by atoms with Gasteiger partial charge in [0.05, 0.1) is 36.4 Å². The number of hydrogen-bond donors (Lipinski definition) is 1. The molecule has 0 amide bonds. The number of benzene rings is 2. The molecule has 10 heteroatoms. The maximum absolute atomic E-state index is 13.1. The van der Waals surface area contributed by atoms with Crippen LogP contribution < -0.4 is 4.74 Å². The van der Waals surface area contributed by atoms with E-state index in [4.69, 9.17) is 9.47 Å². The number of carbonyl (C=O) groups excluding carboxylic acids is 3. The first-order valence-corrected chi connectivity index (χ1v) is 8.64. The van der Waals surface area contributed by atoms with Crippen LogP contribution in [0.3, 0.4) is 0 Å². The summed E-state index contributed by atoms with van der Waals surface area (Å²) in [7, 11) is 2.33. The van der Waals surface area contributed by atoms with Gasteiger partial charge in [-0.2, -0.15) is 0 Å². The van der Waals surface area contributed by atoms with Crippen LogP contribution in [0.15, 0.2) is 30.3 Å². The van der Waals surface area contributed by atoms with Crippen molar-refractivity contribution in [3.8, 4) is 11.5 Å². The minimum atomic E-state index is -0.999. The van der Waals surface area contributed by atoms with Crippen molar-refractivity contribution in [1.29, 1.82) is 0 Å². The predicted octanol–water partition coefficient (Wildman–Crippen LogP) is 2.89. The third kappa shape index (κ3) is 4.37. The summed E-state index contributed by atoms with van der Waals surface area (Å²) in [6.07, 6.45) is -0.571. The molecule has 0 saturated carbocycles. The van der Waals surface area contributed by atoms with Crippen LogP contribution in [-0.4, -0.2) is 48.1 Å². The maximum Gasteiger partial charge on any atom is 0.339 e. The van der Waals surface area contributed by atoms with Crippen LogP contribution in [0, 0.1) is 10.1 Å². The number of carbonyl (C=O) groups is 3. The van der Waals surface area contributed by atoms with Crippen molar-refractivity contribution >= 4 is 23.4 Å². The Balaban J connectivity index is 2.73. The van der Waals surface area contributed by atoms with Gasteiger partial charge in [0.25, 0.3) is 0 Å². The van der Waals surface area contributed by atoms with Gasteiger partial charge >= 0.3 is 17.6 Å². The van der Waals surface area contributed by atoms with Gasteiger partial charge < -0.3 is 19.3 Å². The second-order valence-corrected chi connectivity index (χ2v) is 6.31. The monoisotopic (exact) mass is 417 g/mol. The Morgan fingerprint density at radius 1 is 1.03 bits per heavy atom. The molecule has 0 aliphatic carbocycles. The molecule has 0 fully saturated rings. The number of phenols is 1. The van der Waals surface area contributed by atoms with Gasteiger partial charge in [-0.3, -0.25) is 14.9 Å². The molecule has 0 radical (unpaired) electrons. The molecule has 0 heterocycles. The molecule has 10 nitrogen and oxygen atoms in total. The largest absolute Gasteiger partial charge is 0.499 e. The van der Waals surface area contributed by atoms with Gasteiger partial charge in [0, 0.05) is 5.56 Å². The molecule has 0 aliphatic rings. The van der Waals surface area contributed by atoms with E-state index in [1.54, 1.807) is 13.8 Å². The van der Waals surface area contributed by atoms with Crippen molar-refractivity contribution in [2.75, 3.05) is 14.2 Å². The van der Waals surface area contributed by atoms with Crippen LogP contribution in [0.2, 0.25) is 0 Å². The standard InChI is InChI=1S/C20H19NO9/c1-10(2)30-20(25)13-9-14(28-3)18(23)16(21(26)27)15(13)17(22)11-5-7-12(8-6-11)19(24)29-4/h5-10,23H,1-4H3. The summed E-state index contributed by atoms with van der Waals surface area (Å²) >= 11 is 0. The summed E-state index contributed by atoms with van der Waals surface area (Å²) in [6.45, 7) is 3.13. The summed E-state index contributed by atoms with van der Waals surface area (Å²) < 4.78 is 14.6. The zero-order valence-electron chi connectivity index (χ0n) is 16.6. The van der Waals surface area contributed by atoms with Crippen LogP contribution in [-0.2, 0) is 9.47 Å². The van der Waals surface area contributed by atoms with Crippen LogP contribution in [0.5, 0.6) is 11.5 Å². The average molecular weight is 417 g/mol. The number of aromatic hydroxyl groups is 1. The predicted molar refractivity (Wildman–Crippen MR) is 103 cm³/mol. The van der Waals surface area contributed by atoms with Crippen LogP contribution in [0.4, 0.5) is 5.69 Å². The van der Waals surface area contributed by atoms with Crippen molar-refractivity contribution in [3.05, 3.63) is 62.7 Å². The van der Waals surface area contributed by atoms with E-state index in [2.05, 4.69) is 4.74 Å². The van der Waals surface area contributed by atoms with E-state index in [0.717, 1.165) is 13.2 Å². The van der Waals surface area contributed by atoms with Gasteiger partial charge in [0.2, 0.25) is 11.5 Å². The molecule has 30 heavy (non-hydrogen) atoms. The molecule has 0 aliphatic heterocycles. The molecule has 0 spiro atoms. The summed E-state index contributed by atoms with van der Waals surface area (Å²) in [5, 5.41) is 21.9. The fourth-order valence-electron chi connectivity index (χ4n) is 2.66. The summed E-state index contributed by atoms with van der Waals surface area (Å²) in [5.74, 6) is -3.83. The third-order valence-corrected chi connectivity index (χ3v) is 4.00. The number of nitro groups is 1. The highest BCUT2D eigenvalue weighted by Crippen LogP contribution is 2.42. The number of methoxy groups -OCH3 is 2. The molecule has 2 rings (SSSR count). The molecule has 0 saturated heterocycles. The lowest BCUT2D eigenvalue weighted by molar-refractivity contribution is -0.386. The lowest BCUT2D eigenvalue weighted by atomic mass is 9.95. The minimum Gasteiger partial charge on any atom is -0.499 e. The SMILES string of the molecule is COC(=O)c1ccc(C(=O)c2c(C(=O)OC(C)C)cc(OC)c(O)c2[N+](=O)[O-])cc1. The van der Waals surface area contributed by atoms with Crippen molar-refractivity contribution in [1.82, 2.24) is 0 Å². The zero-order valence-corrected chi connectivity index (χ0v) is 16.6. The van der Waals surface area contributed by atoms with Gasteiger partial charge in [-0.05, 0) is 32.0 Å². The topological polar surface area (TPSA) is 142 Å². The molecule has 0 atom stereocenters. The Hall–Kier alpha value is -3.95. The van der Waals surface area contributed by atoms with Gasteiger partial charge in [-0.25, -0.2) is 9.59 Å². The first kappa shape index (κ1) is 22.3. The quantitative estimate of drug-likeness (QED) is 0.311. The highest BCUT2D eigenvalue weighted by molar-refractivity contribution is 6.18. The van der Waals surface area contributed by atoms with Crippen molar-refractivity contribution in [2.45, 2.75) is 20.0 Å². The van der Waals surface area contributed by atoms with Crippen molar-refractivity contribution in [3.63, 3.8) is 0 Å². The molecule has 0 bridgehead atoms. The summed E-state index contributed by atoms with van der Waals surface area (Å²) in [5.41, 5.74) is -2.00. The number of phenolic OH excluding ortho intramolecular Hbond substituents is 1. The second kappa shape index (κ2) is 9.03. The Labute approximate surface area is 171 Å². The fraction of sp³-hybridized carbons (Fsp3) is 0.250. The number of nitrogens with zero attached hydrogens (tertiary/aromatic N) is 1. The van der Waals surface area contributed by atoms with E-state index in [-0.39, 0.29) is 16.9 Å². The number of rotatable bonds is 7. The first-order valence-electron chi connectivity index (χ1n) is 8.64. The highest BCUT2D eigenvalue weighted by atomic mass is 16.6. The number of ketones is 1. The van der Waals surface area contributed by atoms with E-state index >= 15 is 0 Å². The lowest BCUT2D eigenvalue weighted by Crippen LogP contribution is -2.18. The number of hydrogen-bond acceptors (Lipinski definition) is 9. The molecular formula is C20H19NO9. The Morgan fingerprint density at radius 2 is 1.60 bits per heavy atom. The molecule has 1 N–H and O–H groups in total. The van der Waals surface area contributed by atoms with Gasteiger partial charge in [0.1, 0.15) is 5.56 Å². The summed E-state index contributed by atoms with van der Waals surface area (Å²) in [4.78, 5) is 47.9. The van der Waals surface area contributed by atoms with E-state index in [1.807, 2.05) is 0 Å². The smallest absolute Gasteiger partial charge is 0.339 e. The van der Waals surface area contributed by atoms with Crippen LogP contribution in [0.1, 0.15) is 50.5 Å². The van der Waals surface area contributed by atoms with Gasteiger partial charge in [-0.15, -0.1) is 0 Å². The Bertz CT molecular complexity index is 1010. The summed E-state index contributed by atoms with van der Waals surface area (Å²) in [6, 6.07) is 6.08. The highest BCUT2D eigenvalue weighted by Gasteiger charge is 2.35. The lowest BCUT2D eigenvalue weighted by Gasteiger charge is -2.14. The van der Waals surface area contributed by atoms with E-state index in [1.165, 1.54) is 31.4 Å². The zero-order chi connectivity index (χ0) is 22.6. The number of ether oxygens (including phenoxy) is 3. The molecular weight excluding hydrogens is 398 g/mol. The molecule has 0 aromatic heterocycles. The normalized spacial score (nSPS) is 10.4. The molecule has 0 unspecified atom stereocenters. The number of nitro benzene ring substituents is 1. The maximum atomic E-state index is 13.1. The van der Waals surface area contributed by atoms with Crippen LogP contribution >= 0.6 is 0 Å². The molecule has 2 aromatic carbocycles. The van der Waals surface area contributed by atoms with E-state index in [9.17, 15) is 29.6 Å². The van der Waals surface area contributed by atoms with E-state index in [0.29, 0.717) is 0 Å².